The highest BCUT2D eigenvalue weighted by molar-refractivity contribution is 7.89. The molecule has 7 heteroatoms. The molecule has 5 nitrogen and oxygen atoms in total. The molecule has 2 aromatic carbocycles. The minimum atomic E-state index is -3.95. The quantitative estimate of drug-likeness (QED) is 0.679. The summed E-state index contributed by atoms with van der Waals surface area (Å²) in [6.45, 7) is 3.57. The Kier molecular flexibility index (Phi) is 7.50. The number of sulfonamides is 1. The standard InChI is InChI=1S/C26H31FN2O3S/c1-2-3-4-9-20-12-14-21(15-13-20)26-23-18-28(16-7-8-17-29(23)24(26)19-30)33(31,32)25-11-6-5-10-22(25)27/h5-6,10-15,23-24,26,30H,2-3,7-8,16-19H2,1H3/t23-,24-,26-/m0/s1. The van der Waals surface area contributed by atoms with E-state index >= 15 is 0 Å². The van der Waals surface area contributed by atoms with Crippen molar-refractivity contribution in [3.8, 4) is 11.8 Å². The second-order valence-corrected chi connectivity index (χ2v) is 10.7. The van der Waals surface area contributed by atoms with E-state index in [0.29, 0.717) is 13.0 Å². The van der Waals surface area contributed by atoms with E-state index in [1.165, 1.54) is 22.5 Å². The van der Waals surface area contributed by atoms with Gasteiger partial charge in [-0.1, -0.05) is 43.0 Å². The largest absolute Gasteiger partial charge is 0.395 e. The van der Waals surface area contributed by atoms with Gasteiger partial charge in [0.15, 0.2) is 0 Å². The Labute approximate surface area is 196 Å². The molecule has 0 aromatic heterocycles. The van der Waals surface area contributed by atoms with Gasteiger partial charge in [-0.05, 0) is 55.6 Å². The van der Waals surface area contributed by atoms with E-state index in [2.05, 4.69) is 23.7 Å². The third-order valence-electron chi connectivity index (χ3n) is 6.69. The van der Waals surface area contributed by atoms with Gasteiger partial charge in [-0.2, -0.15) is 4.31 Å². The van der Waals surface area contributed by atoms with Crippen LogP contribution < -0.4 is 0 Å². The van der Waals surface area contributed by atoms with Crippen molar-refractivity contribution >= 4 is 10.0 Å². The molecule has 33 heavy (non-hydrogen) atoms. The summed E-state index contributed by atoms with van der Waals surface area (Å²) in [7, 11) is -3.95. The zero-order valence-corrected chi connectivity index (χ0v) is 19.8. The lowest BCUT2D eigenvalue weighted by atomic mass is 9.74. The minimum absolute atomic E-state index is 0.00377. The van der Waals surface area contributed by atoms with Gasteiger partial charge in [0.25, 0.3) is 0 Å². The van der Waals surface area contributed by atoms with Crippen LogP contribution in [-0.2, 0) is 10.0 Å². The van der Waals surface area contributed by atoms with Crippen molar-refractivity contribution in [3.63, 3.8) is 0 Å². The van der Waals surface area contributed by atoms with E-state index in [4.69, 9.17) is 0 Å². The van der Waals surface area contributed by atoms with E-state index in [1.807, 2.05) is 24.3 Å². The third kappa shape index (κ3) is 4.85. The van der Waals surface area contributed by atoms with Gasteiger partial charge in [0.1, 0.15) is 10.7 Å². The van der Waals surface area contributed by atoms with Gasteiger partial charge in [0.05, 0.1) is 6.61 Å². The van der Waals surface area contributed by atoms with Crippen LogP contribution in [-0.4, -0.2) is 61.1 Å². The third-order valence-corrected chi connectivity index (χ3v) is 8.59. The summed E-state index contributed by atoms with van der Waals surface area (Å²) in [4.78, 5) is 1.93. The number of rotatable bonds is 5. The highest BCUT2D eigenvalue weighted by Gasteiger charge is 2.50. The molecular weight excluding hydrogens is 439 g/mol. The number of halogens is 1. The summed E-state index contributed by atoms with van der Waals surface area (Å²) in [5.74, 6) is 5.59. The Balaban J connectivity index is 1.60. The van der Waals surface area contributed by atoms with Crippen molar-refractivity contribution in [1.29, 1.82) is 0 Å². The van der Waals surface area contributed by atoms with E-state index in [0.717, 1.165) is 36.9 Å². The van der Waals surface area contributed by atoms with Crippen molar-refractivity contribution < 1.29 is 17.9 Å². The predicted octanol–water partition coefficient (Wildman–Crippen LogP) is 3.59. The lowest BCUT2D eigenvalue weighted by molar-refractivity contribution is -0.0554. The summed E-state index contributed by atoms with van der Waals surface area (Å²) < 4.78 is 42.4. The Morgan fingerprint density at radius 2 is 1.82 bits per heavy atom. The summed E-state index contributed by atoms with van der Waals surface area (Å²) >= 11 is 0. The van der Waals surface area contributed by atoms with Crippen LogP contribution in [0.25, 0.3) is 0 Å². The van der Waals surface area contributed by atoms with Crippen LogP contribution >= 0.6 is 0 Å². The molecule has 176 valence electrons. The SMILES string of the molecule is CCCC#Cc1ccc([C@@H]2[C@H](CO)N3CCCCN(S(=O)(=O)c4ccccc4F)C[C@@H]23)cc1. The maximum atomic E-state index is 14.4. The molecule has 3 atom stereocenters. The Morgan fingerprint density at radius 3 is 2.52 bits per heavy atom. The van der Waals surface area contributed by atoms with E-state index in [9.17, 15) is 17.9 Å². The summed E-state index contributed by atoms with van der Waals surface area (Å²) in [6, 6.07) is 13.5. The molecule has 2 aromatic rings. The van der Waals surface area contributed by atoms with Gasteiger partial charge in [-0.3, -0.25) is 4.90 Å². The molecule has 0 bridgehead atoms. The second-order valence-electron chi connectivity index (χ2n) is 8.76. The lowest BCUT2D eigenvalue weighted by Crippen LogP contribution is -2.67. The van der Waals surface area contributed by atoms with Crippen LogP contribution in [0, 0.1) is 17.7 Å². The maximum Gasteiger partial charge on any atom is 0.246 e. The van der Waals surface area contributed by atoms with E-state index in [1.54, 1.807) is 6.07 Å². The molecule has 4 rings (SSSR count). The first kappa shape index (κ1) is 23.9. The number of benzene rings is 2. The van der Waals surface area contributed by atoms with Crippen molar-refractivity contribution in [2.45, 2.75) is 55.5 Å². The average molecular weight is 471 g/mol. The lowest BCUT2D eigenvalue weighted by Gasteiger charge is -2.57. The fourth-order valence-corrected chi connectivity index (χ4v) is 6.56. The molecule has 0 aliphatic carbocycles. The van der Waals surface area contributed by atoms with Crippen molar-refractivity contribution in [1.82, 2.24) is 9.21 Å². The Hall–Kier alpha value is -2.24. The van der Waals surface area contributed by atoms with E-state index in [-0.39, 0.29) is 36.0 Å². The number of hydrogen-bond acceptors (Lipinski definition) is 4. The molecule has 0 spiro atoms. The van der Waals surface area contributed by atoms with Gasteiger partial charge in [0.2, 0.25) is 10.0 Å². The van der Waals surface area contributed by atoms with E-state index < -0.39 is 15.8 Å². The molecule has 0 unspecified atom stereocenters. The zero-order chi connectivity index (χ0) is 23.4. The van der Waals surface area contributed by atoms with Crippen molar-refractivity contribution in [2.24, 2.45) is 0 Å². The zero-order valence-electron chi connectivity index (χ0n) is 19.0. The molecule has 1 N–H and O–H groups in total. The number of nitrogens with zero attached hydrogens (tertiary/aromatic N) is 2. The summed E-state index contributed by atoms with van der Waals surface area (Å²) in [5.41, 5.74) is 2.02. The van der Waals surface area contributed by atoms with Gasteiger partial charge in [0, 0.05) is 43.1 Å². The first-order chi connectivity index (χ1) is 16.0. The van der Waals surface area contributed by atoms with Crippen LogP contribution in [0.3, 0.4) is 0 Å². The van der Waals surface area contributed by atoms with Crippen molar-refractivity contribution in [3.05, 3.63) is 65.5 Å². The fourth-order valence-electron chi connectivity index (χ4n) is 5.00. The molecule has 2 saturated heterocycles. The van der Waals surface area contributed by atoms with Gasteiger partial charge in [-0.25, -0.2) is 12.8 Å². The normalized spacial score (nSPS) is 24.0. The fraction of sp³-hybridized carbons (Fsp3) is 0.462. The molecule has 0 saturated carbocycles. The maximum absolute atomic E-state index is 14.4. The molecule has 2 fully saturated rings. The van der Waals surface area contributed by atoms with Crippen LogP contribution in [0.5, 0.6) is 0 Å². The van der Waals surface area contributed by atoms with Gasteiger partial charge >= 0.3 is 0 Å². The van der Waals surface area contributed by atoms with Crippen LogP contribution in [0.15, 0.2) is 53.4 Å². The summed E-state index contributed by atoms with van der Waals surface area (Å²) in [6.07, 6.45) is 3.41. The highest BCUT2D eigenvalue weighted by Crippen LogP contribution is 2.42. The van der Waals surface area contributed by atoms with Crippen LogP contribution in [0.2, 0.25) is 0 Å². The molecule has 0 amide bonds. The first-order valence-electron chi connectivity index (χ1n) is 11.7. The molecule has 2 aliphatic rings. The monoisotopic (exact) mass is 470 g/mol. The number of aliphatic hydroxyl groups is 1. The predicted molar refractivity (Wildman–Crippen MR) is 127 cm³/mol. The molecule has 2 aliphatic heterocycles. The topological polar surface area (TPSA) is 60.9 Å². The highest BCUT2D eigenvalue weighted by atomic mass is 32.2. The number of fused-ring (bicyclic) bond motifs is 1. The smallest absolute Gasteiger partial charge is 0.246 e. The van der Waals surface area contributed by atoms with Crippen LogP contribution in [0.1, 0.15) is 49.7 Å². The molecule has 0 radical (unpaired) electrons. The number of unbranched alkanes of at least 4 members (excludes halogenated alkanes) is 1. The minimum Gasteiger partial charge on any atom is -0.395 e. The molecular formula is C26H31FN2O3S. The second kappa shape index (κ2) is 10.4. The number of hydrogen-bond donors (Lipinski definition) is 1. The first-order valence-corrected chi connectivity index (χ1v) is 13.1. The summed E-state index contributed by atoms with van der Waals surface area (Å²) in [5, 5.41) is 10.1. The Morgan fingerprint density at radius 1 is 1.09 bits per heavy atom. The Bertz CT molecular complexity index is 1120. The average Bonchev–Trinajstić information content (AvgIpc) is 2.79. The van der Waals surface area contributed by atoms with Gasteiger partial charge in [-0.15, -0.1) is 0 Å². The molecule has 2 heterocycles. The van der Waals surface area contributed by atoms with Crippen LogP contribution in [0.4, 0.5) is 4.39 Å². The van der Waals surface area contributed by atoms with Crippen molar-refractivity contribution in [2.75, 3.05) is 26.2 Å². The van der Waals surface area contributed by atoms with Gasteiger partial charge < -0.3 is 5.11 Å². The number of aliphatic hydroxyl groups excluding tert-OH is 1.